The van der Waals surface area contributed by atoms with E-state index in [4.69, 9.17) is 15.5 Å². The van der Waals surface area contributed by atoms with Crippen molar-refractivity contribution < 1.29 is 15.3 Å². The summed E-state index contributed by atoms with van der Waals surface area (Å²) in [5.41, 5.74) is 9.81. The minimum Gasteiger partial charge on any atom is -0.482 e. The lowest BCUT2D eigenvalue weighted by Crippen LogP contribution is -2.38. The number of ether oxygens (including phenoxy) is 1. The van der Waals surface area contributed by atoms with Crippen molar-refractivity contribution in [2.24, 2.45) is 10.7 Å². The van der Waals surface area contributed by atoms with Gasteiger partial charge in [0.2, 0.25) is 5.91 Å². The average molecular weight is 438 g/mol. The number of rotatable bonds is 5. The predicted octanol–water partition coefficient (Wildman–Crippen LogP) is 3.97. The first kappa shape index (κ1) is 21.5. The number of carbonyl (C=O) groups is 1. The Labute approximate surface area is 187 Å². The highest BCUT2D eigenvalue weighted by molar-refractivity contribution is 6.11. The lowest BCUT2D eigenvalue weighted by molar-refractivity contribution is -0.129. The number of amides is 1. The first-order valence-electron chi connectivity index (χ1n) is 10.5. The summed E-state index contributed by atoms with van der Waals surface area (Å²) in [6.45, 7) is 2.99. The molecule has 0 radical (unpaired) electrons. The summed E-state index contributed by atoms with van der Waals surface area (Å²) in [7, 11) is 1.51. The van der Waals surface area contributed by atoms with Crippen LogP contribution in [0.15, 0.2) is 53.6 Å². The molecule has 7 nitrogen and oxygen atoms in total. The number of hydrogen-bond acceptors (Lipinski definition) is 5. The summed E-state index contributed by atoms with van der Waals surface area (Å²) in [5, 5.41) is 0.845. The molecule has 3 N–H and O–H groups in total. The Morgan fingerprint density at radius 2 is 2.16 bits per heavy atom. The number of nitrogens with one attached hydrogen (secondary N) is 1. The van der Waals surface area contributed by atoms with Gasteiger partial charge in [-0.05, 0) is 36.6 Å². The third kappa shape index (κ3) is 4.49. The van der Waals surface area contributed by atoms with Crippen molar-refractivity contribution in [1.82, 2.24) is 14.9 Å². The van der Waals surface area contributed by atoms with E-state index in [1.807, 2.05) is 23.2 Å². The average Bonchev–Trinajstić information content (AvgIpc) is 3.22. The fraction of sp³-hybridized carbons (Fsp3) is 0.292. The molecule has 0 saturated carbocycles. The number of halogens is 1. The zero-order valence-electron chi connectivity index (χ0n) is 18.1. The summed E-state index contributed by atoms with van der Waals surface area (Å²) in [4.78, 5) is 25.7. The Kier molecular flexibility index (Phi) is 6.20. The summed E-state index contributed by atoms with van der Waals surface area (Å²) >= 11 is 0. The van der Waals surface area contributed by atoms with Gasteiger partial charge in [0.05, 0.1) is 18.7 Å². The molecule has 0 bridgehead atoms. The van der Waals surface area contributed by atoms with E-state index in [2.05, 4.69) is 9.97 Å². The van der Waals surface area contributed by atoms with Crippen molar-refractivity contribution in [3.05, 3.63) is 60.0 Å². The second-order valence-electron chi connectivity index (χ2n) is 7.83. The number of hydrogen-bond donors (Lipinski definition) is 2. The van der Waals surface area contributed by atoms with Crippen molar-refractivity contribution in [3.8, 4) is 11.1 Å². The Hall–Kier alpha value is -3.68. The van der Waals surface area contributed by atoms with Gasteiger partial charge in [0.15, 0.2) is 5.88 Å². The van der Waals surface area contributed by atoms with E-state index in [0.29, 0.717) is 24.3 Å². The number of aromatic amines is 1. The fourth-order valence-corrected chi connectivity index (χ4v) is 3.95. The maximum absolute atomic E-state index is 13.8. The van der Waals surface area contributed by atoms with Crippen LogP contribution in [-0.4, -0.2) is 53.2 Å². The normalized spacial score (nSPS) is 15.9. The van der Waals surface area contributed by atoms with Crippen molar-refractivity contribution in [2.45, 2.75) is 25.8 Å². The molecule has 2 aromatic heterocycles. The molecule has 168 valence electrons. The molecule has 32 heavy (non-hydrogen) atoms. The van der Waals surface area contributed by atoms with E-state index < -0.39 is 0 Å². The van der Waals surface area contributed by atoms with Crippen molar-refractivity contribution in [1.29, 1.82) is 0 Å². The van der Waals surface area contributed by atoms with Crippen LogP contribution in [0.5, 0.6) is 0 Å². The Morgan fingerprint density at radius 1 is 1.38 bits per heavy atom. The number of fused-ring (bicyclic) bond motifs is 1. The van der Waals surface area contributed by atoms with Gasteiger partial charge in [0.1, 0.15) is 11.5 Å². The summed E-state index contributed by atoms with van der Waals surface area (Å²) in [5.74, 6) is 0.0312. The molecule has 3 aromatic rings. The lowest BCUT2D eigenvalue weighted by atomic mass is 10.0. The SMILES string of the molecule is CO/C(N)=C(/C=NC1CCN(C(C)=O)CC1)c1cnc2[nH]cc(-c3cccc(F)c3)c2c1.[HH]. The summed E-state index contributed by atoms with van der Waals surface area (Å²) in [6.07, 6.45) is 6.85. The molecule has 1 amide bonds. The molecule has 0 unspecified atom stereocenters. The molecule has 4 rings (SSSR count). The number of nitrogens with zero attached hydrogens (tertiary/aromatic N) is 3. The quantitative estimate of drug-likeness (QED) is 0.466. The number of methoxy groups -OCH3 is 1. The van der Waals surface area contributed by atoms with Gasteiger partial charge in [-0.25, -0.2) is 9.37 Å². The number of aliphatic imine (C=N–C) groups is 1. The third-order valence-corrected chi connectivity index (χ3v) is 5.79. The highest BCUT2D eigenvalue weighted by atomic mass is 19.1. The van der Waals surface area contributed by atoms with Crippen molar-refractivity contribution in [2.75, 3.05) is 20.2 Å². The number of benzene rings is 1. The summed E-state index contributed by atoms with van der Waals surface area (Å²) < 4.78 is 19.1. The molecule has 1 fully saturated rings. The van der Waals surface area contributed by atoms with E-state index in [1.54, 1.807) is 25.4 Å². The second-order valence-corrected chi connectivity index (χ2v) is 7.83. The van der Waals surface area contributed by atoms with Crippen LogP contribution in [0.3, 0.4) is 0 Å². The van der Waals surface area contributed by atoms with Crippen LogP contribution in [0.4, 0.5) is 4.39 Å². The Balaban J connectivity index is 0.00000306. The predicted molar refractivity (Wildman–Crippen MR) is 125 cm³/mol. The lowest BCUT2D eigenvalue weighted by Gasteiger charge is -2.29. The largest absolute Gasteiger partial charge is 0.482 e. The molecule has 8 heteroatoms. The number of aromatic nitrogens is 2. The molecule has 1 aliphatic rings. The molecule has 1 aliphatic heterocycles. The van der Waals surface area contributed by atoms with Gasteiger partial charge in [-0.15, -0.1) is 0 Å². The zero-order valence-corrected chi connectivity index (χ0v) is 18.1. The Morgan fingerprint density at radius 3 is 2.84 bits per heavy atom. The number of nitrogens with two attached hydrogens (primary N) is 1. The van der Waals surface area contributed by atoms with E-state index in [9.17, 15) is 9.18 Å². The minimum absolute atomic E-state index is 0. The van der Waals surface area contributed by atoms with E-state index in [-0.39, 0.29) is 25.1 Å². The summed E-state index contributed by atoms with van der Waals surface area (Å²) in [6, 6.07) is 8.50. The molecule has 0 atom stereocenters. The van der Waals surface area contributed by atoms with Crippen LogP contribution in [0.1, 0.15) is 26.8 Å². The maximum atomic E-state index is 13.8. The van der Waals surface area contributed by atoms with Crippen molar-refractivity contribution >= 4 is 28.7 Å². The smallest absolute Gasteiger partial charge is 0.219 e. The molecule has 3 heterocycles. The number of pyridine rings is 1. The molecular formula is C24H28FN5O2. The van der Waals surface area contributed by atoms with Crippen molar-refractivity contribution in [3.63, 3.8) is 0 Å². The van der Waals surface area contributed by atoms with Crippen LogP contribution in [-0.2, 0) is 9.53 Å². The first-order valence-corrected chi connectivity index (χ1v) is 10.5. The molecule has 0 aliphatic carbocycles. The first-order chi connectivity index (χ1) is 15.5. The minimum atomic E-state index is -0.298. The van der Waals surface area contributed by atoms with Crippen LogP contribution in [0.25, 0.3) is 27.7 Å². The van der Waals surface area contributed by atoms with Gasteiger partial charge in [0, 0.05) is 56.6 Å². The van der Waals surface area contributed by atoms with E-state index in [1.165, 1.54) is 19.2 Å². The van der Waals surface area contributed by atoms with Crippen LogP contribution < -0.4 is 5.73 Å². The number of likely N-dealkylation sites (tertiary alicyclic amines) is 1. The van der Waals surface area contributed by atoms with Crippen LogP contribution >= 0.6 is 0 Å². The highest BCUT2D eigenvalue weighted by Crippen LogP contribution is 2.30. The molecule has 1 saturated heterocycles. The van der Waals surface area contributed by atoms with Gasteiger partial charge in [-0.3, -0.25) is 9.79 Å². The van der Waals surface area contributed by atoms with Crippen LogP contribution in [0, 0.1) is 5.82 Å². The highest BCUT2D eigenvalue weighted by Gasteiger charge is 2.20. The van der Waals surface area contributed by atoms with Gasteiger partial charge < -0.3 is 20.4 Å². The van der Waals surface area contributed by atoms with Crippen LogP contribution in [0.2, 0.25) is 0 Å². The zero-order chi connectivity index (χ0) is 22.7. The molecular weight excluding hydrogens is 409 g/mol. The maximum Gasteiger partial charge on any atom is 0.219 e. The molecule has 1 aromatic carbocycles. The molecule has 0 spiro atoms. The number of H-pyrrole nitrogens is 1. The second kappa shape index (κ2) is 9.21. The monoisotopic (exact) mass is 437 g/mol. The fourth-order valence-electron chi connectivity index (χ4n) is 3.95. The number of carbonyl (C=O) groups excluding carboxylic acids is 1. The third-order valence-electron chi connectivity index (χ3n) is 5.79. The number of allylic oxidation sites excluding steroid dienone is 1. The van der Waals surface area contributed by atoms with Gasteiger partial charge >= 0.3 is 0 Å². The topological polar surface area (TPSA) is 96.6 Å². The van der Waals surface area contributed by atoms with Gasteiger partial charge in [-0.1, -0.05) is 12.1 Å². The standard InChI is InChI=1S/C24H26FN5O2.H2/c1-15(31)30-8-6-19(7-9-30)27-14-22(23(26)32-2)17-11-20-21(13-29-24(20)28-12-17)16-4-3-5-18(25)10-16;/h3-5,10-14,19H,6-9,26H2,1-2H3,(H,28,29);1H/b23-22-,27-14?;. The number of piperidine rings is 1. The van der Waals surface area contributed by atoms with Gasteiger partial charge in [0.25, 0.3) is 0 Å². The van der Waals surface area contributed by atoms with Gasteiger partial charge in [-0.2, -0.15) is 0 Å². The van der Waals surface area contributed by atoms with E-state index in [0.717, 1.165) is 34.9 Å². The Bertz CT molecular complexity index is 1200. The van der Waals surface area contributed by atoms with E-state index >= 15 is 0 Å².